The maximum Gasteiger partial charge on any atom is 0.236 e. The van der Waals surface area contributed by atoms with Crippen LogP contribution in [-0.4, -0.2) is 27.2 Å². The van der Waals surface area contributed by atoms with Crippen molar-refractivity contribution in [1.82, 2.24) is 4.90 Å². The van der Waals surface area contributed by atoms with Crippen LogP contribution >= 0.6 is 12.2 Å². The minimum Gasteiger partial charge on any atom is -0.391 e. The van der Waals surface area contributed by atoms with Crippen molar-refractivity contribution in [2.45, 2.75) is 58.9 Å². The summed E-state index contributed by atoms with van der Waals surface area (Å²) in [4.78, 5) is 26.3. The monoisotopic (exact) mass is 270 g/mol. The highest BCUT2D eigenvalue weighted by Crippen LogP contribution is 2.42. The lowest BCUT2D eigenvalue weighted by atomic mass is 9.80. The van der Waals surface area contributed by atoms with Gasteiger partial charge < -0.3 is 5.73 Å². The molecule has 0 saturated carbocycles. The van der Waals surface area contributed by atoms with Gasteiger partial charge in [0.2, 0.25) is 11.8 Å². The Hall–Kier alpha value is -0.970. The fraction of sp³-hybridized carbons (Fsp3) is 0.769. The molecule has 1 saturated heterocycles. The molecule has 2 N–H and O–H groups in total. The number of nitrogens with zero attached hydrogens (tertiary/aromatic N) is 1. The van der Waals surface area contributed by atoms with Crippen LogP contribution in [0, 0.1) is 5.41 Å². The lowest BCUT2D eigenvalue weighted by molar-refractivity contribution is -0.145. The van der Waals surface area contributed by atoms with Gasteiger partial charge in [0.05, 0.1) is 15.9 Å². The van der Waals surface area contributed by atoms with Gasteiger partial charge in [-0.05, 0) is 26.2 Å². The number of thiocarbonyl (C=S) groups is 1. The SMILES string of the molecule is CCC1(CC)CC(=O)N(C(C)(CC)C(N)=S)C1=O. The van der Waals surface area contributed by atoms with E-state index in [2.05, 4.69) is 0 Å². The first-order valence-electron chi connectivity index (χ1n) is 6.46. The molecule has 1 aliphatic rings. The minimum atomic E-state index is -0.838. The van der Waals surface area contributed by atoms with E-state index < -0.39 is 11.0 Å². The Morgan fingerprint density at radius 3 is 2.17 bits per heavy atom. The van der Waals surface area contributed by atoms with Crippen LogP contribution in [0.5, 0.6) is 0 Å². The van der Waals surface area contributed by atoms with Gasteiger partial charge in [0.25, 0.3) is 0 Å². The molecular formula is C13H22N2O2S. The lowest BCUT2D eigenvalue weighted by Crippen LogP contribution is -2.57. The van der Waals surface area contributed by atoms with Gasteiger partial charge in [-0.15, -0.1) is 0 Å². The van der Waals surface area contributed by atoms with E-state index in [0.717, 1.165) is 0 Å². The Balaban J connectivity index is 3.24. The quantitative estimate of drug-likeness (QED) is 0.613. The van der Waals surface area contributed by atoms with E-state index in [1.54, 1.807) is 6.92 Å². The van der Waals surface area contributed by atoms with Crippen molar-refractivity contribution < 1.29 is 9.59 Å². The molecule has 0 aromatic rings. The van der Waals surface area contributed by atoms with Crippen LogP contribution in [0.15, 0.2) is 0 Å². The first-order valence-corrected chi connectivity index (χ1v) is 6.87. The summed E-state index contributed by atoms with van der Waals surface area (Å²) in [6.07, 6.45) is 2.16. The number of nitrogens with two attached hydrogens (primary N) is 1. The van der Waals surface area contributed by atoms with Crippen LogP contribution < -0.4 is 5.73 Å². The second kappa shape index (κ2) is 4.96. The molecule has 1 unspecified atom stereocenters. The topological polar surface area (TPSA) is 63.4 Å². The number of carbonyl (C=O) groups excluding carboxylic acids is 2. The molecule has 0 aliphatic carbocycles. The molecule has 0 aromatic heterocycles. The van der Waals surface area contributed by atoms with Crippen LogP contribution in [0.2, 0.25) is 0 Å². The number of imide groups is 1. The maximum atomic E-state index is 12.6. The lowest BCUT2D eigenvalue weighted by Gasteiger charge is -2.37. The van der Waals surface area contributed by atoms with E-state index in [4.69, 9.17) is 18.0 Å². The van der Waals surface area contributed by atoms with Gasteiger partial charge in [-0.3, -0.25) is 14.5 Å². The average Bonchev–Trinajstić information content (AvgIpc) is 2.60. The molecule has 0 bridgehead atoms. The molecule has 1 aliphatic heterocycles. The largest absolute Gasteiger partial charge is 0.391 e. The smallest absolute Gasteiger partial charge is 0.236 e. The molecule has 102 valence electrons. The van der Waals surface area contributed by atoms with Crippen LogP contribution in [0.25, 0.3) is 0 Å². The number of amides is 2. The summed E-state index contributed by atoms with van der Waals surface area (Å²) >= 11 is 5.05. The number of carbonyl (C=O) groups is 2. The third-order valence-corrected chi connectivity index (χ3v) is 4.90. The highest BCUT2D eigenvalue weighted by atomic mass is 32.1. The zero-order valence-electron chi connectivity index (χ0n) is 11.6. The summed E-state index contributed by atoms with van der Waals surface area (Å²) < 4.78 is 0. The van der Waals surface area contributed by atoms with E-state index in [1.807, 2.05) is 20.8 Å². The normalized spacial score (nSPS) is 22.1. The molecule has 2 amide bonds. The van der Waals surface area contributed by atoms with Crippen LogP contribution in [0.3, 0.4) is 0 Å². The molecule has 5 heteroatoms. The first kappa shape index (κ1) is 15.1. The van der Waals surface area contributed by atoms with Crippen molar-refractivity contribution in [3.8, 4) is 0 Å². The molecular weight excluding hydrogens is 248 g/mol. The Kier molecular flexibility index (Phi) is 4.15. The number of rotatable bonds is 5. The summed E-state index contributed by atoms with van der Waals surface area (Å²) in [6, 6.07) is 0. The predicted molar refractivity (Wildman–Crippen MR) is 75.0 cm³/mol. The zero-order valence-corrected chi connectivity index (χ0v) is 12.4. The first-order chi connectivity index (χ1) is 8.29. The standard InChI is InChI=1S/C13H22N2O2S/c1-5-12(4,10(14)18)15-9(16)8-13(6-2,7-3)11(15)17/h5-8H2,1-4H3,(H2,14,18). The molecule has 4 nitrogen and oxygen atoms in total. The summed E-state index contributed by atoms with van der Waals surface area (Å²) in [5, 5.41) is 0. The Labute approximate surface area is 114 Å². The van der Waals surface area contributed by atoms with E-state index in [1.165, 1.54) is 4.90 Å². The van der Waals surface area contributed by atoms with Crippen molar-refractivity contribution in [1.29, 1.82) is 0 Å². The summed E-state index contributed by atoms with van der Waals surface area (Å²) in [5.74, 6) is -0.268. The minimum absolute atomic E-state index is 0.116. The zero-order chi connectivity index (χ0) is 14.1. The molecule has 1 fully saturated rings. The predicted octanol–water partition coefficient (Wildman–Crippen LogP) is 2.01. The third kappa shape index (κ3) is 1.94. The van der Waals surface area contributed by atoms with E-state index >= 15 is 0 Å². The fourth-order valence-electron chi connectivity index (χ4n) is 2.54. The van der Waals surface area contributed by atoms with E-state index in [0.29, 0.717) is 19.3 Å². The Morgan fingerprint density at radius 1 is 1.39 bits per heavy atom. The summed E-state index contributed by atoms with van der Waals surface area (Å²) in [5.41, 5.74) is 4.35. The summed E-state index contributed by atoms with van der Waals surface area (Å²) in [7, 11) is 0. The molecule has 18 heavy (non-hydrogen) atoms. The highest BCUT2D eigenvalue weighted by Gasteiger charge is 2.55. The van der Waals surface area contributed by atoms with Crippen molar-refractivity contribution in [2.24, 2.45) is 11.1 Å². The second-order valence-electron chi connectivity index (χ2n) is 5.19. The van der Waals surface area contributed by atoms with Gasteiger partial charge in [0.1, 0.15) is 0 Å². The van der Waals surface area contributed by atoms with Gasteiger partial charge in [0, 0.05) is 6.42 Å². The van der Waals surface area contributed by atoms with Gasteiger partial charge in [-0.1, -0.05) is 33.0 Å². The third-order valence-electron chi connectivity index (χ3n) is 4.46. The van der Waals surface area contributed by atoms with Crippen LogP contribution in [0.1, 0.15) is 53.4 Å². The molecule has 0 aromatic carbocycles. The Morgan fingerprint density at radius 2 is 1.89 bits per heavy atom. The highest BCUT2D eigenvalue weighted by molar-refractivity contribution is 7.80. The van der Waals surface area contributed by atoms with Crippen molar-refractivity contribution >= 4 is 29.0 Å². The number of likely N-dealkylation sites (tertiary alicyclic amines) is 1. The van der Waals surface area contributed by atoms with Gasteiger partial charge in [0.15, 0.2) is 0 Å². The van der Waals surface area contributed by atoms with E-state index in [9.17, 15) is 9.59 Å². The molecule has 1 rings (SSSR count). The van der Waals surface area contributed by atoms with Crippen molar-refractivity contribution in [2.75, 3.05) is 0 Å². The van der Waals surface area contributed by atoms with Crippen LogP contribution in [0.4, 0.5) is 0 Å². The van der Waals surface area contributed by atoms with Gasteiger partial charge in [-0.25, -0.2) is 0 Å². The number of hydrogen-bond acceptors (Lipinski definition) is 3. The van der Waals surface area contributed by atoms with Gasteiger partial charge in [-0.2, -0.15) is 0 Å². The molecule has 1 heterocycles. The molecule has 0 radical (unpaired) electrons. The van der Waals surface area contributed by atoms with Crippen molar-refractivity contribution in [3.63, 3.8) is 0 Å². The van der Waals surface area contributed by atoms with Crippen LogP contribution in [-0.2, 0) is 9.59 Å². The molecule has 0 spiro atoms. The fourth-order valence-corrected chi connectivity index (χ4v) is 2.77. The Bertz CT molecular complexity index is 390. The average molecular weight is 270 g/mol. The number of hydrogen-bond donors (Lipinski definition) is 1. The van der Waals surface area contributed by atoms with E-state index in [-0.39, 0.29) is 23.2 Å². The van der Waals surface area contributed by atoms with Gasteiger partial charge >= 0.3 is 0 Å². The maximum absolute atomic E-state index is 12.6. The second-order valence-corrected chi connectivity index (χ2v) is 5.63. The van der Waals surface area contributed by atoms with Crippen molar-refractivity contribution in [3.05, 3.63) is 0 Å². The summed E-state index contributed by atoms with van der Waals surface area (Å²) in [6.45, 7) is 7.55. The molecule has 1 atom stereocenters.